The maximum absolute atomic E-state index is 10.6. The van der Waals surface area contributed by atoms with Gasteiger partial charge in [-0.05, 0) is 12.8 Å². The number of carbonyl (C=O) groups is 1. The van der Waals surface area contributed by atoms with Crippen LogP contribution >= 0.6 is 0 Å². The number of hydrogen-bond acceptors (Lipinski definition) is 2. The van der Waals surface area contributed by atoms with Crippen molar-refractivity contribution in [1.29, 1.82) is 0 Å². The standard InChI is InChI=1S/C6H10O2.C2H6/c1-2-5-3-4-8-6(5)7;1-2/h5H,2-4H2,1H3;1-2H3/t5-;/m1./s1. The molecule has 0 saturated carbocycles. The minimum atomic E-state index is -0.00694. The predicted molar refractivity (Wildman–Crippen MR) is 40.7 cm³/mol. The van der Waals surface area contributed by atoms with Crippen LogP contribution in [0.2, 0.25) is 0 Å². The molecule has 0 aromatic rings. The van der Waals surface area contributed by atoms with Crippen LogP contribution in [0.15, 0.2) is 0 Å². The first-order valence-electron chi connectivity index (χ1n) is 4.01. The maximum Gasteiger partial charge on any atom is 0.309 e. The molecular formula is C8H16O2. The van der Waals surface area contributed by atoms with E-state index in [-0.39, 0.29) is 11.9 Å². The molecule has 0 N–H and O–H groups in total. The minimum Gasteiger partial charge on any atom is -0.465 e. The van der Waals surface area contributed by atoms with E-state index in [9.17, 15) is 4.79 Å². The molecule has 60 valence electrons. The summed E-state index contributed by atoms with van der Waals surface area (Å²) in [6.45, 7) is 6.65. The lowest BCUT2D eigenvalue weighted by Gasteiger charge is -1.95. The first-order valence-corrected chi connectivity index (χ1v) is 4.01. The Labute approximate surface area is 62.6 Å². The second kappa shape index (κ2) is 5.27. The normalized spacial score (nSPS) is 23.1. The Balaban J connectivity index is 0.000000371. The van der Waals surface area contributed by atoms with E-state index in [1.54, 1.807) is 0 Å². The highest BCUT2D eigenvalue weighted by Gasteiger charge is 2.23. The van der Waals surface area contributed by atoms with E-state index in [0.29, 0.717) is 6.61 Å². The van der Waals surface area contributed by atoms with Gasteiger partial charge >= 0.3 is 5.97 Å². The Morgan fingerprint density at radius 3 is 2.40 bits per heavy atom. The van der Waals surface area contributed by atoms with Crippen molar-refractivity contribution >= 4 is 5.97 Å². The smallest absolute Gasteiger partial charge is 0.309 e. The van der Waals surface area contributed by atoms with Crippen LogP contribution in [0.3, 0.4) is 0 Å². The van der Waals surface area contributed by atoms with Crippen molar-refractivity contribution in [3.05, 3.63) is 0 Å². The fourth-order valence-electron chi connectivity index (χ4n) is 0.908. The van der Waals surface area contributed by atoms with E-state index in [2.05, 4.69) is 0 Å². The highest BCUT2D eigenvalue weighted by Crippen LogP contribution is 2.16. The van der Waals surface area contributed by atoms with Crippen LogP contribution in [0, 0.1) is 5.92 Å². The number of rotatable bonds is 1. The molecule has 2 nitrogen and oxygen atoms in total. The summed E-state index contributed by atoms with van der Waals surface area (Å²) < 4.78 is 4.72. The summed E-state index contributed by atoms with van der Waals surface area (Å²) in [4.78, 5) is 10.6. The van der Waals surface area contributed by atoms with Gasteiger partial charge in [0.25, 0.3) is 0 Å². The highest BCUT2D eigenvalue weighted by molar-refractivity contribution is 5.73. The molecule has 0 aromatic heterocycles. The fourth-order valence-corrected chi connectivity index (χ4v) is 0.908. The topological polar surface area (TPSA) is 26.3 Å². The molecule has 0 unspecified atom stereocenters. The molecule has 0 spiro atoms. The van der Waals surface area contributed by atoms with Crippen molar-refractivity contribution in [1.82, 2.24) is 0 Å². The Morgan fingerprint density at radius 2 is 2.20 bits per heavy atom. The summed E-state index contributed by atoms with van der Waals surface area (Å²) in [7, 11) is 0. The lowest BCUT2D eigenvalue weighted by Crippen LogP contribution is -2.04. The zero-order valence-electron chi connectivity index (χ0n) is 7.02. The molecule has 0 amide bonds. The zero-order valence-corrected chi connectivity index (χ0v) is 7.02. The van der Waals surface area contributed by atoms with E-state index in [4.69, 9.17) is 4.74 Å². The van der Waals surface area contributed by atoms with Crippen molar-refractivity contribution in [2.75, 3.05) is 6.61 Å². The predicted octanol–water partition coefficient (Wildman–Crippen LogP) is 1.99. The molecule has 0 aliphatic carbocycles. The van der Waals surface area contributed by atoms with Gasteiger partial charge in [0.05, 0.1) is 12.5 Å². The molecule has 1 fully saturated rings. The first kappa shape index (κ1) is 9.47. The number of cyclic esters (lactones) is 1. The molecule has 1 aliphatic heterocycles. The fraction of sp³-hybridized carbons (Fsp3) is 0.875. The van der Waals surface area contributed by atoms with Gasteiger partial charge in [0.1, 0.15) is 0 Å². The Kier molecular flexibility index (Phi) is 4.99. The maximum atomic E-state index is 10.6. The summed E-state index contributed by atoms with van der Waals surface area (Å²) in [5, 5.41) is 0. The molecule has 10 heavy (non-hydrogen) atoms. The van der Waals surface area contributed by atoms with Gasteiger partial charge in [-0.15, -0.1) is 0 Å². The van der Waals surface area contributed by atoms with E-state index in [0.717, 1.165) is 12.8 Å². The van der Waals surface area contributed by atoms with Crippen molar-refractivity contribution in [3.63, 3.8) is 0 Å². The second-order valence-corrected chi connectivity index (χ2v) is 2.06. The van der Waals surface area contributed by atoms with Crippen LogP contribution in [0.25, 0.3) is 0 Å². The number of ether oxygens (including phenoxy) is 1. The minimum absolute atomic E-state index is 0.00694. The molecule has 0 radical (unpaired) electrons. The lowest BCUT2D eigenvalue weighted by atomic mass is 10.1. The summed E-state index contributed by atoms with van der Waals surface area (Å²) in [6, 6.07) is 0. The van der Waals surface area contributed by atoms with Gasteiger partial charge in [-0.1, -0.05) is 20.8 Å². The number of esters is 1. The Bertz CT molecular complexity index is 99.4. The van der Waals surface area contributed by atoms with Gasteiger partial charge in [-0.25, -0.2) is 0 Å². The molecule has 1 saturated heterocycles. The van der Waals surface area contributed by atoms with Crippen molar-refractivity contribution in [2.24, 2.45) is 5.92 Å². The van der Waals surface area contributed by atoms with Crippen molar-refractivity contribution in [2.45, 2.75) is 33.6 Å². The molecular weight excluding hydrogens is 128 g/mol. The second-order valence-electron chi connectivity index (χ2n) is 2.06. The zero-order chi connectivity index (χ0) is 7.98. The quantitative estimate of drug-likeness (QED) is 0.526. The largest absolute Gasteiger partial charge is 0.465 e. The molecule has 0 bridgehead atoms. The summed E-state index contributed by atoms with van der Waals surface area (Å²) in [5.74, 6) is 0.197. The third-order valence-corrected chi connectivity index (χ3v) is 1.54. The van der Waals surface area contributed by atoms with Gasteiger partial charge in [0.2, 0.25) is 0 Å². The van der Waals surface area contributed by atoms with Crippen molar-refractivity contribution in [3.8, 4) is 0 Å². The third-order valence-electron chi connectivity index (χ3n) is 1.54. The molecule has 0 aromatic carbocycles. The van der Waals surface area contributed by atoms with Gasteiger partial charge in [0.15, 0.2) is 0 Å². The van der Waals surface area contributed by atoms with Crippen LogP contribution in [0.5, 0.6) is 0 Å². The van der Waals surface area contributed by atoms with Gasteiger partial charge < -0.3 is 4.74 Å². The molecule has 2 heteroatoms. The lowest BCUT2D eigenvalue weighted by molar-refractivity contribution is -0.141. The van der Waals surface area contributed by atoms with Gasteiger partial charge in [-0.2, -0.15) is 0 Å². The summed E-state index contributed by atoms with van der Waals surface area (Å²) in [5.41, 5.74) is 0. The van der Waals surface area contributed by atoms with Crippen molar-refractivity contribution < 1.29 is 9.53 Å². The molecule has 1 atom stereocenters. The first-order chi connectivity index (χ1) is 4.84. The average molecular weight is 144 g/mol. The Morgan fingerprint density at radius 1 is 1.60 bits per heavy atom. The number of hydrogen-bond donors (Lipinski definition) is 0. The monoisotopic (exact) mass is 144 g/mol. The van der Waals surface area contributed by atoms with E-state index >= 15 is 0 Å². The Hall–Kier alpha value is -0.530. The molecule has 1 heterocycles. The third kappa shape index (κ3) is 2.38. The van der Waals surface area contributed by atoms with Crippen LogP contribution < -0.4 is 0 Å². The molecule has 1 aliphatic rings. The van der Waals surface area contributed by atoms with Crippen LogP contribution in [-0.4, -0.2) is 12.6 Å². The van der Waals surface area contributed by atoms with Crippen LogP contribution in [0.1, 0.15) is 33.6 Å². The highest BCUT2D eigenvalue weighted by atomic mass is 16.5. The van der Waals surface area contributed by atoms with Gasteiger partial charge in [-0.3, -0.25) is 4.79 Å². The SMILES string of the molecule is CC.CC[C@@H]1CCOC1=O. The van der Waals surface area contributed by atoms with E-state index < -0.39 is 0 Å². The van der Waals surface area contributed by atoms with Crippen LogP contribution in [0.4, 0.5) is 0 Å². The average Bonchev–Trinajstić information content (AvgIpc) is 2.39. The van der Waals surface area contributed by atoms with E-state index in [1.807, 2.05) is 20.8 Å². The van der Waals surface area contributed by atoms with E-state index in [1.165, 1.54) is 0 Å². The summed E-state index contributed by atoms with van der Waals surface area (Å²) >= 11 is 0. The number of carbonyl (C=O) groups excluding carboxylic acids is 1. The molecule has 1 rings (SSSR count). The summed E-state index contributed by atoms with van der Waals surface area (Å²) in [6.07, 6.45) is 1.86. The van der Waals surface area contributed by atoms with Gasteiger partial charge in [0, 0.05) is 0 Å². The van der Waals surface area contributed by atoms with Crippen LogP contribution in [-0.2, 0) is 9.53 Å².